The third-order valence-corrected chi connectivity index (χ3v) is 6.53. The van der Waals surface area contributed by atoms with Crippen LogP contribution in [0.3, 0.4) is 0 Å². The highest BCUT2D eigenvalue weighted by atomic mass is 16.3. The zero-order chi connectivity index (χ0) is 18.5. The minimum absolute atomic E-state index is 0.211. The van der Waals surface area contributed by atoms with Crippen LogP contribution >= 0.6 is 0 Å². The summed E-state index contributed by atoms with van der Waals surface area (Å²) in [6.45, 7) is 4.56. The fourth-order valence-corrected chi connectivity index (χ4v) is 5.04. The van der Waals surface area contributed by atoms with E-state index in [1.807, 2.05) is 12.3 Å². The van der Waals surface area contributed by atoms with Crippen molar-refractivity contribution in [1.82, 2.24) is 14.9 Å². The van der Waals surface area contributed by atoms with E-state index < -0.39 is 0 Å². The molecule has 0 radical (unpaired) electrons. The van der Waals surface area contributed by atoms with Crippen LogP contribution in [0.15, 0.2) is 12.3 Å². The van der Waals surface area contributed by atoms with E-state index in [4.69, 9.17) is 4.98 Å². The Labute approximate surface area is 163 Å². The average Bonchev–Trinajstić information content (AvgIpc) is 2.99. The summed E-state index contributed by atoms with van der Waals surface area (Å²) in [6, 6.07) is 2.75. The largest absolute Gasteiger partial charge is 0.393 e. The summed E-state index contributed by atoms with van der Waals surface area (Å²) >= 11 is 0. The normalized spacial score (nSPS) is 30.7. The Balaban J connectivity index is 1.46. The SMILES string of the molecule is OC1CCC(N2CCCCC2)[C@@H](Nc2nccc(N3CCCCCC3)n2)C1. The van der Waals surface area contributed by atoms with E-state index in [0.29, 0.717) is 6.04 Å². The zero-order valence-electron chi connectivity index (χ0n) is 16.5. The molecule has 27 heavy (non-hydrogen) atoms. The second kappa shape index (κ2) is 9.20. The number of hydrogen-bond donors (Lipinski definition) is 2. The van der Waals surface area contributed by atoms with E-state index in [9.17, 15) is 5.11 Å². The minimum Gasteiger partial charge on any atom is -0.393 e. The van der Waals surface area contributed by atoms with Crippen molar-refractivity contribution in [1.29, 1.82) is 0 Å². The number of nitrogens with zero attached hydrogens (tertiary/aromatic N) is 4. The summed E-state index contributed by atoms with van der Waals surface area (Å²) in [5.74, 6) is 1.76. The molecule has 3 aliphatic rings. The van der Waals surface area contributed by atoms with E-state index in [1.165, 1.54) is 58.0 Å². The van der Waals surface area contributed by atoms with Gasteiger partial charge in [-0.1, -0.05) is 19.3 Å². The molecule has 0 spiro atoms. The van der Waals surface area contributed by atoms with Crippen molar-refractivity contribution < 1.29 is 5.11 Å². The summed E-state index contributed by atoms with van der Waals surface area (Å²) in [6.07, 6.45) is 13.5. The van der Waals surface area contributed by atoms with E-state index in [-0.39, 0.29) is 12.1 Å². The zero-order valence-corrected chi connectivity index (χ0v) is 16.5. The predicted octanol–water partition coefficient (Wildman–Crippen LogP) is 3.04. The molecule has 0 amide bonds. The molecule has 0 aromatic carbocycles. The van der Waals surface area contributed by atoms with Crippen LogP contribution in [0, 0.1) is 0 Å². The van der Waals surface area contributed by atoms with Gasteiger partial charge in [0.15, 0.2) is 0 Å². The van der Waals surface area contributed by atoms with Gasteiger partial charge < -0.3 is 15.3 Å². The number of piperidine rings is 1. The lowest BCUT2D eigenvalue weighted by Crippen LogP contribution is -2.53. The Morgan fingerprint density at radius 3 is 2.41 bits per heavy atom. The number of aliphatic hydroxyl groups excluding tert-OH is 1. The predicted molar refractivity (Wildman–Crippen MR) is 109 cm³/mol. The first-order valence-corrected chi connectivity index (χ1v) is 11.1. The molecule has 0 bridgehead atoms. The van der Waals surface area contributed by atoms with Crippen LogP contribution in [0.25, 0.3) is 0 Å². The molecule has 1 aliphatic carbocycles. The number of anilines is 2. The summed E-state index contributed by atoms with van der Waals surface area (Å²) in [7, 11) is 0. The second-order valence-corrected chi connectivity index (χ2v) is 8.52. The number of hydrogen-bond acceptors (Lipinski definition) is 6. The van der Waals surface area contributed by atoms with Gasteiger partial charge in [0.2, 0.25) is 5.95 Å². The molecule has 4 rings (SSSR count). The third-order valence-electron chi connectivity index (χ3n) is 6.53. The smallest absolute Gasteiger partial charge is 0.224 e. The standard InChI is InChI=1S/C21H35N5O/c27-17-8-9-19(25-12-6-3-7-13-25)18(16-17)23-21-22-11-10-20(24-21)26-14-4-1-2-5-15-26/h10-11,17-19,27H,1-9,12-16H2,(H,22,23,24)/t17?,18-,19?/m0/s1. The van der Waals surface area contributed by atoms with Crippen LogP contribution < -0.4 is 10.2 Å². The van der Waals surface area contributed by atoms with E-state index in [0.717, 1.165) is 44.1 Å². The van der Waals surface area contributed by atoms with Crippen molar-refractivity contribution in [3.63, 3.8) is 0 Å². The van der Waals surface area contributed by atoms with Crippen LogP contribution in [0.5, 0.6) is 0 Å². The van der Waals surface area contributed by atoms with Gasteiger partial charge in [-0.25, -0.2) is 4.98 Å². The molecule has 2 unspecified atom stereocenters. The maximum atomic E-state index is 10.3. The van der Waals surface area contributed by atoms with Gasteiger partial charge in [-0.2, -0.15) is 4.98 Å². The molecule has 1 aromatic heterocycles. The molecule has 2 saturated heterocycles. The number of aliphatic hydroxyl groups is 1. The topological polar surface area (TPSA) is 64.5 Å². The minimum atomic E-state index is -0.211. The lowest BCUT2D eigenvalue weighted by Gasteiger charge is -2.43. The van der Waals surface area contributed by atoms with Gasteiger partial charge in [0.1, 0.15) is 5.82 Å². The Bertz CT molecular complexity index is 584. The molecule has 3 heterocycles. The summed E-state index contributed by atoms with van der Waals surface area (Å²) in [5.41, 5.74) is 0. The van der Waals surface area contributed by atoms with Crippen molar-refractivity contribution in [3.8, 4) is 0 Å². The van der Waals surface area contributed by atoms with Crippen molar-refractivity contribution >= 4 is 11.8 Å². The summed E-state index contributed by atoms with van der Waals surface area (Å²) in [5, 5.41) is 13.9. The highest BCUT2D eigenvalue weighted by Crippen LogP contribution is 2.28. The quantitative estimate of drug-likeness (QED) is 0.846. The Kier molecular flexibility index (Phi) is 6.45. The lowest BCUT2D eigenvalue weighted by molar-refractivity contribution is 0.0558. The lowest BCUT2D eigenvalue weighted by atomic mass is 9.86. The van der Waals surface area contributed by atoms with Gasteiger partial charge in [-0.3, -0.25) is 4.90 Å². The van der Waals surface area contributed by atoms with Crippen molar-refractivity contribution in [2.45, 2.75) is 82.4 Å². The van der Waals surface area contributed by atoms with Gasteiger partial charge in [0, 0.05) is 31.4 Å². The number of aromatic nitrogens is 2. The van der Waals surface area contributed by atoms with Crippen molar-refractivity contribution in [2.75, 3.05) is 36.4 Å². The number of likely N-dealkylation sites (tertiary alicyclic amines) is 1. The molecule has 6 nitrogen and oxygen atoms in total. The number of rotatable bonds is 4. The third kappa shape index (κ3) is 4.91. The molecule has 3 fully saturated rings. The van der Waals surface area contributed by atoms with E-state index >= 15 is 0 Å². The maximum Gasteiger partial charge on any atom is 0.224 e. The van der Waals surface area contributed by atoms with Crippen LogP contribution in [-0.4, -0.2) is 64.3 Å². The monoisotopic (exact) mass is 373 g/mol. The first-order chi connectivity index (χ1) is 13.3. The first kappa shape index (κ1) is 18.9. The molecule has 2 N–H and O–H groups in total. The van der Waals surface area contributed by atoms with Crippen molar-refractivity contribution in [3.05, 3.63) is 12.3 Å². The summed E-state index contributed by atoms with van der Waals surface area (Å²) in [4.78, 5) is 14.4. The van der Waals surface area contributed by atoms with Crippen LogP contribution in [0.2, 0.25) is 0 Å². The Hall–Kier alpha value is -1.40. The molecule has 1 saturated carbocycles. The van der Waals surface area contributed by atoms with E-state index in [2.05, 4.69) is 20.1 Å². The first-order valence-electron chi connectivity index (χ1n) is 11.1. The summed E-state index contributed by atoms with van der Waals surface area (Å²) < 4.78 is 0. The van der Waals surface area contributed by atoms with Crippen LogP contribution in [0.1, 0.15) is 64.2 Å². The molecular weight excluding hydrogens is 338 g/mol. The fraction of sp³-hybridized carbons (Fsp3) is 0.810. The van der Waals surface area contributed by atoms with Crippen LogP contribution in [-0.2, 0) is 0 Å². The Morgan fingerprint density at radius 2 is 1.63 bits per heavy atom. The highest BCUT2D eigenvalue weighted by molar-refractivity contribution is 5.43. The van der Waals surface area contributed by atoms with Gasteiger partial charge in [-0.05, 0) is 64.1 Å². The molecule has 3 atom stereocenters. The average molecular weight is 374 g/mol. The molecule has 1 aromatic rings. The second-order valence-electron chi connectivity index (χ2n) is 8.52. The fourth-order valence-electron chi connectivity index (χ4n) is 5.04. The van der Waals surface area contributed by atoms with Gasteiger partial charge in [-0.15, -0.1) is 0 Å². The van der Waals surface area contributed by atoms with Gasteiger partial charge in [0.05, 0.1) is 6.10 Å². The molecular formula is C21H35N5O. The number of nitrogens with one attached hydrogen (secondary N) is 1. The maximum absolute atomic E-state index is 10.3. The molecule has 150 valence electrons. The van der Waals surface area contributed by atoms with E-state index in [1.54, 1.807) is 0 Å². The molecule has 2 aliphatic heterocycles. The van der Waals surface area contributed by atoms with Crippen molar-refractivity contribution in [2.24, 2.45) is 0 Å². The van der Waals surface area contributed by atoms with Gasteiger partial charge >= 0.3 is 0 Å². The Morgan fingerprint density at radius 1 is 0.926 bits per heavy atom. The van der Waals surface area contributed by atoms with Gasteiger partial charge in [0.25, 0.3) is 0 Å². The highest BCUT2D eigenvalue weighted by Gasteiger charge is 2.34. The van der Waals surface area contributed by atoms with Crippen LogP contribution in [0.4, 0.5) is 11.8 Å². The molecule has 6 heteroatoms.